The van der Waals surface area contributed by atoms with Crippen LogP contribution in [0.1, 0.15) is 38.1 Å². The van der Waals surface area contributed by atoms with Crippen molar-refractivity contribution in [1.29, 1.82) is 0 Å². The Hall–Kier alpha value is -1.81. The summed E-state index contributed by atoms with van der Waals surface area (Å²) in [5, 5.41) is 0. The molecule has 2 fully saturated rings. The van der Waals surface area contributed by atoms with E-state index in [4.69, 9.17) is 10.5 Å². The summed E-state index contributed by atoms with van der Waals surface area (Å²) in [6.07, 6.45) is 9.93. The molecule has 1 aromatic heterocycles. The van der Waals surface area contributed by atoms with Gasteiger partial charge in [-0.15, -0.1) is 0 Å². The molecule has 4 heteroatoms. The highest BCUT2D eigenvalue weighted by atomic mass is 16.5. The molecule has 1 unspecified atom stereocenters. The predicted molar refractivity (Wildman–Crippen MR) is 82.9 cm³/mol. The molecule has 1 aliphatic heterocycles. The molecule has 2 heterocycles. The fourth-order valence-electron chi connectivity index (χ4n) is 3.62. The first kappa shape index (κ1) is 12.9. The van der Waals surface area contributed by atoms with Crippen molar-refractivity contribution >= 4 is 5.69 Å². The molecule has 2 N–H and O–H groups in total. The number of hydrogen-bond donors (Lipinski definition) is 1. The minimum atomic E-state index is 0.158. The topological polar surface area (TPSA) is 53.1 Å². The third-order valence-electron chi connectivity index (χ3n) is 4.96. The third-order valence-corrected chi connectivity index (χ3v) is 4.96. The van der Waals surface area contributed by atoms with E-state index in [1.165, 1.54) is 19.3 Å². The maximum absolute atomic E-state index is 6.04. The Bertz CT molecular complexity index is 628. The van der Waals surface area contributed by atoms with E-state index in [2.05, 4.69) is 15.7 Å². The van der Waals surface area contributed by atoms with Crippen molar-refractivity contribution in [3.63, 3.8) is 0 Å². The number of benzene rings is 1. The van der Waals surface area contributed by atoms with Crippen LogP contribution in [0.2, 0.25) is 0 Å². The van der Waals surface area contributed by atoms with E-state index in [1.54, 1.807) is 0 Å². The maximum Gasteiger partial charge on any atom is 0.140 e. The number of ether oxygens (including phenoxy) is 1. The molecule has 4 rings (SSSR count). The molecule has 1 aromatic carbocycles. The summed E-state index contributed by atoms with van der Waals surface area (Å²) >= 11 is 0. The number of rotatable bonds is 2. The lowest BCUT2D eigenvalue weighted by Gasteiger charge is -2.47. The van der Waals surface area contributed by atoms with E-state index >= 15 is 0 Å². The summed E-state index contributed by atoms with van der Waals surface area (Å²) in [6.45, 7) is 0.865. The van der Waals surface area contributed by atoms with Gasteiger partial charge in [-0.05, 0) is 56.4 Å². The number of aromatic nitrogens is 2. The van der Waals surface area contributed by atoms with Crippen LogP contribution < -0.4 is 5.73 Å². The third kappa shape index (κ3) is 2.23. The van der Waals surface area contributed by atoms with Gasteiger partial charge in [-0.2, -0.15) is 0 Å². The normalized spacial score (nSPS) is 23.9. The SMILES string of the molecule is Nc1ccc(-c2nccn2C2CCOC3(CCC3)C2)cc1. The first-order chi connectivity index (χ1) is 10.3. The van der Waals surface area contributed by atoms with Crippen LogP contribution in [0.15, 0.2) is 36.7 Å². The molecule has 1 aliphatic carbocycles. The summed E-state index contributed by atoms with van der Waals surface area (Å²) < 4.78 is 8.37. The Labute approximate surface area is 124 Å². The van der Waals surface area contributed by atoms with Gasteiger partial charge in [0.25, 0.3) is 0 Å². The van der Waals surface area contributed by atoms with Crippen LogP contribution in [0.25, 0.3) is 11.4 Å². The Morgan fingerprint density at radius 1 is 1.24 bits per heavy atom. The second-order valence-corrected chi connectivity index (χ2v) is 6.31. The molecule has 1 saturated heterocycles. The van der Waals surface area contributed by atoms with Crippen LogP contribution in [-0.2, 0) is 4.74 Å². The lowest BCUT2D eigenvalue weighted by Crippen LogP contribution is -2.45. The zero-order valence-corrected chi connectivity index (χ0v) is 12.2. The van der Waals surface area contributed by atoms with Gasteiger partial charge in [0, 0.05) is 36.3 Å². The number of hydrogen-bond acceptors (Lipinski definition) is 3. The molecular formula is C17H21N3O. The average molecular weight is 283 g/mol. The van der Waals surface area contributed by atoms with Crippen molar-refractivity contribution in [2.45, 2.75) is 43.7 Å². The van der Waals surface area contributed by atoms with Gasteiger partial charge in [0.05, 0.1) is 5.60 Å². The van der Waals surface area contributed by atoms with E-state index in [1.807, 2.05) is 30.5 Å². The monoisotopic (exact) mass is 283 g/mol. The number of anilines is 1. The Morgan fingerprint density at radius 2 is 2.05 bits per heavy atom. The quantitative estimate of drug-likeness (QED) is 0.859. The first-order valence-electron chi connectivity index (χ1n) is 7.79. The van der Waals surface area contributed by atoms with Crippen molar-refractivity contribution in [3.8, 4) is 11.4 Å². The van der Waals surface area contributed by atoms with Gasteiger partial charge in [0.1, 0.15) is 5.82 Å². The van der Waals surface area contributed by atoms with Gasteiger partial charge < -0.3 is 15.0 Å². The molecule has 1 spiro atoms. The van der Waals surface area contributed by atoms with Gasteiger partial charge in [-0.3, -0.25) is 0 Å². The highest BCUT2D eigenvalue weighted by molar-refractivity contribution is 5.59. The second-order valence-electron chi connectivity index (χ2n) is 6.31. The number of nitrogens with two attached hydrogens (primary N) is 1. The molecule has 2 aromatic rings. The second kappa shape index (κ2) is 4.88. The number of nitrogen functional groups attached to an aromatic ring is 1. The largest absolute Gasteiger partial charge is 0.399 e. The molecule has 4 nitrogen and oxygen atoms in total. The number of nitrogens with zero attached hydrogens (tertiary/aromatic N) is 2. The van der Waals surface area contributed by atoms with Crippen LogP contribution >= 0.6 is 0 Å². The van der Waals surface area contributed by atoms with Gasteiger partial charge in [0.2, 0.25) is 0 Å². The lowest BCUT2D eigenvalue weighted by atomic mass is 9.74. The summed E-state index contributed by atoms with van der Waals surface area (Å²) in [5.74, 6) is 1.04. The Balaban J connectivity index is 1.64. The van der Waals surface area contributed by atoms with Crippen LogP contribution in [0.5, 0.6) is 0 Å². The molecule has 110 valence electrons. The van der Waals surface area contributed by atoms with Crippen LogP contribution in [0.4, 0.5) is 5.69 Å². The minimum absolute atomic E-state index is 0.158. The lowest BCUT2D eigenvalue weighted by molar-refractivity contribution is -0.140. The van der Waals surface area contributed by atoms with Gasteiger partial charge >= 0.3 is 0 Å². The standard InChI is InChI=1S/C17H21N3O/c18-14-4-2-13(3-5-14)16-19-9-10-20(16)15-6-11-21-17(12-15)7-1-8-17/h2-5,9-10,15H,1,6-8,11-12,18H2. The molecule has 0 bridgehead atoms. The zero-order valence-electron chi connectivity index (χ0n) is 12.2. The van der Waals surface area contributed by atoms with Gasteiger partial charge in [0.15, 0.2) is 0 Å². The summed E-state index contributed by atoms with van der Waals surface area (Å²) in [6, 6.07) is 8.46. The zero-order chi connectivity index (χ0) is 14.3. The van der Waals surface area contributed by atoms with E-state index in [0.717, 1.165) is 36.5 Å². The van der Waals surface area contributed by atoms with E-state index < -0.39 is 0 Å². The predicted octanol–water partition coefficient (Wildman–Crippen LogP) is 3.41. The molecule has 0 radical (unpaired) electrons. The smallest absolute Gasteiger partial charge is 0.140 e. The van der Waals surface area contributed by atoms with E-state index in [-0.39, 0.29) is 5.60 Å². The Morgan fingerprint density at radius 3 is 2.76 bits per heavy atom. The highest BCUT2D eigenvalue weighted by Gasteiger charge is 2.43. The van der Waals surface area contributed by atoms with Crippen molar-refractivity contribution in [2.24, 2.45) is 0 Å². The van der Waals surface area contributed by atoms with E-state index in [0.29, 0.717) is 6.04 Å². The van der Waals surface area contributed by atoms with E-state index in [9.17, 15) is 0 Å². The summed E-state index contributed by atoms with van der Waals surface area (Å²) in [5.41, 5.74) is 7.85. The molecule has 0 amide bonds. The fourth-order valence-corrected chi connectivity index (χ4v) is 3.62. The molecule has 21 heavy (non-hydrogen) atoms. The summed E-state index contributed by atoms with van der Waals surface area (Å²) in [4.78, 5) is 4.56. The number of imidazole rings is 1. The fraction of sp³-hybridized carbons (Fsp3) is 0.471. The summed E-state index contributed by atoms with van der Waals surface area (Å²) in [7, 11) is 0. The molecule has 1 atom stereocenters. The van der Waals surface area contributed by atoms with Crippen LogP contribution in [0, 0.1) is 0 Å². The van der Waals surface area contributed by atoms with Gasteiger partial charge in [-0.1, -0.05) is 0 Å². The van der Waals surface area contributed by atoms with Crippen molar-refractivity contribution in [3.05, 3.63) is 36.7 Å². The van der Waals surface area contributed by atoms with Crippen LogP contribution in [-0.4, -0.2) is 21.8 Å². The van der Waals surface area contributed by atoms with Crippen LogP contribution in [0.3, 0.4) is 0 Å². The minimum Gasteiger partial charge on any atom is -0.399 e. The average Bonchev–Trinajstić information content (AvgIpc) is 2.96. The van der Waals surface area contributed by atoms with Crippen molar-refractivity contribution < 1.29 is 4.74 Å². The molecule has 2 aliphatic rings. The first-order valence-corrected chi connectivity index (χ1v) is 7.79. The Kier molecular flexibility index (Phi) is 3.00. The van der Waals surface area contributed by atoms with Crippen molar-refractivity contribution in [1.82, 2.24) is 9.55 Å². The molecular weight excluding hydrogens is 262 g/mol. The van der Waals surface area contributed by atoms with Crippen molar-refractivity contribution in [2.75, 3.05) is 12.3 Å². The van der Waals surface area contributed by atoms with Gasteiger partial charge in [-0.25, -0.2) is 4.98 Å². The molecule has 1 saturated carbocycles. The highest BCUT2D eigenvalue weighted by Crippen LogP contribution is 2.46. The maximum atomic E-state index is 6.04.